The van der Waals surface area contributed by atoms with E-state index in [4.69, 9.17) is 21.4 Å². The number of rotatable bonds is 3. The molecule has 1 N–H and O–H groups in total. The third kappa shape index (κ3) is 4.08. The summed E-state index contributed by atoms with van der Waals surface area (Å²) in [4.78, 5) is 13.1. The van der Waals surface area contributed by atoms with Gasteiger partial charge in [-0.05, 0) is 55.3 Å². The fraction of sp³-hybridized carbons (Fsp3) is 0.231. The van der Waals surface area contributed by atoms with Crippen molar-refractivity contribution in [2.45, 2.75) is 31.8 Å². The number of hydrogen-bond acceptors (Lipinski definition) is 3. The van der Waals surface area contributed by atoms with E-state index >= 15 is 0 Å². The first kappa shape index (κ1) is 20.6. The number of benzene rings is 3. The molecule has 2 heterocycles. The third-order valence-electron chi connectivity index (χ3n) is 5.80. The maximum atomic E-state index is 13.1. The van der Waals surface area contributed by atoms with Gasteiger partial charge in [-0.1, -0.05) is 54.1 Å². The molecule has 32 heavy (non-hydrogen) atoms. The molecule has 1 atom stereocenters. The fourth-order valence-corrected chi connectivity index (χ4v) is 4.46. The zero-order valence-electron chi connectivity index (χ0n) is 18.0. The average Bonchev–Trinajstić information content (AvgIpc) is 3.35. The molecule has 0 aliphatic carbocycles. The van der Waals surface area contributed by atoms with Gasteiger partial charge in [0.05, 0.1) is 12.3 Å². The van der Waals surface area contributed by atoms with Gasteiger partial charge in [0.25, 0.3) is 0 Å². The number of nitrogens with zero attached hydrogens (tertiary/aromatic N) is 2. The fourth-order valence-electron chi connectivity index (χ4n) is 4.33. The standard InChI is InChI=1S/C26H24ClN3O2/c1-26(2)15-19-14-21(12-13-23(19)32-26)28-25(31)30-16-22(17-6-4-3-5-7-17)24(29-30)18-8-10-20(27)11-9-18/h3-14,22H,15-16H2,1-2H3,(H,28,31). The van der Waals surface area contributed by atoms with Crippen LogP contribution in [0.25, 0.3) is 0 Å². The second-order valence-corrected chi connectivity index (χ2v) is 9.27. The van der Waals surface area contributed by atoms with Crippen molar-refractivity contribution in [2.75, 3.05) is 11.9 Å². The Hall–Kier alpha value is -3.31. The van der Waals surface area contributed by atoms with Crippen molar-refractivity contribution in [3.63, 3.8) is 0 Å². The molecule has 1 unspecified atom stereocenters. The highest BCUT2D eigenvalue weighted by molar-refractivity contribution is 6.30. The molecule has 2 amide bonds. The molecule has 0 fully saturated rings. The van der Waals surface area contributed by atoms with Crippen LogP contribution in [-0.4, -0.2) is 28.9 Å². The van der Waals surface area contributed by atoms with Crippen LogP contribution in [0.1, 0.15) is 36.5 Å². The lowest BCUT2D eigenvalue weighted by atomic mass is 9.91. The van der Waals surface area contributed by atoms with Crippen molar-refractivity contribution in [3.8, 4) is 5.75 Å². The van der Waals surface area contributed by atoms with Crippen LogP contribution in [0.2, 0.25) is 5.02 Å². The molecule has 0 radical (unpaired) electrons. The van der Waals surface area contributed by atoms with Crippen molar-refractivity contribution in [1.82, 2.24) is 5.01 Å². The van der Waals surface area contributed by atoms with Gasteiger partial charge >= 0.3 is 6.03 Å². The Balaban J connectivity index is 1.40. The van der Waals surface area contributed by atoms with E-state index < -0.39 is 0 Å². The van der Waals surface area contributed by atoms with Crippen LogP contribution in [-0.2, 0) is 6.42 Å². The minimum absolute atomic E-state index is 0.0163. The molecule has 5 nitrogen and oxygen atoms in total. The molecule has 0 saturated carbocycles. The molecule has 3 aromatic carbocycles. The molecule has 2 aliphatic heterocycles. The van der Waals surface area contributed by atoms with Gasteiger partial charge in [0, 0.05) is 28.6 Å². The molecule has 0 aromatic heterocycles. The number of anilines is 1. The van der Waals surface area contributed by atoms with Crippen molar-refractivity contribution in [2.24, 2.45) is 5.10 Å². The summed E-state index contributed by atoms with van der Waals surface area (Å²) >= 11 is 6.08. The van der Waals surface area contributed by atoms with Crippen LogP contribution in [0, 0.1) is 0 Å². The van der Waals surface area contributed by atoms with E-state index in [-0.39, 0.29) is 17.6 Å². The molecular formula is C26H24ClN3O2. The van der Waals surface area contributed by atoms with Crippen LogP contribution in [0.15, 0.2) is 77.9 Å². The summed E-state index contributed by atoms with van der Waals surface area (Å²) in [5.41, 5.74) is 4.54. The molecule has 2 aliphatic rings. The van der Waals surface area contributed by atoms with Gasteiger partial charge in [-0.25, -0.2) is 9.80 Å². The minimum Gasteiger partial charge on any atom is -0.487 e. The first-order valence-electron chi connectivity index (χ1n) is 10.7. The van der Waals surface area contributed by atoms with Gasteiger partial charge in [-0.15, -0.1) is 0 Å². The number of hydrazone groups is 1. The van der Waals surface area contributed by atoms with E-state index in [0.717, 1.165) is 40.3 Å². The van der Waals surface area contributed by atoms with Crippen LogP contribution in [0.3, 0.4) is 0 Å². The number of carbonyl (C=O) groups is 1. The third-order valence-corrected chi connectivity index (χ3v) is 6.06. The Bertz CT molecular complexity index is 1190. The minimum atomic E-state index is -0.256. The molecule has 6 heteroatoms. The normalized spacial score (nSPS) is 18.7. The first-order valence-corrected chi connectivity index (χ1v) is 11.1. The van der Waals surface area contributed by atoms with Crippen molar-refractivity contribution >= 4 is 29.0 Å². The second-order valence-electron chi connectivity index (χ2n) is 8.83. The van der Waals surface area contributed by atoms with Gasteiger partial charge in [-0.3, -0.25) is 0 Å². The SMILES string of the molecule is CC1(C)Cc2cc(NC(=O)N3CC(c4ccccc4)C(c4ccc(Cl)cc4)=N3)ccc2O1. The number of hydrogen-bond donors (Lipinski definition) is 1. The maximum Gasteiger partial charge on any atom is 0.342 e. The Morgan fingerprint density at radius 3 is 2.59 bits per heavy atom. The lowest BCUT2D eigenvalue weighted by Crippen LogP contribution is -2.30. The quantitative estimate of drug-likeness (QED) is 0.530. The van der Waals surface area contributed by atoms with Gasteiger partial charge in [0.2, 0.25) is 0 Å². The zero-order valence-corrected chi connectivity index (χ0v) is 18.8. The molecule has 0 spiro atoms. The summed E-state index contributed by atoms with van der Waals surface area (Å²) < 4.78 is 5.93. The van der Waals surface area contributed by atoms with Gasteiger partial charge in [0.1, 0.15) is 11.4 Å². The first-order chi connectivity index (χ1) is 15.4. The van der Waals surface area contributed by atoms with E-state index in [1.165, 1.54) is 5.01 Å². The molecule has 5 rings (SSSR count). The molecule has 0 bridgehead atoms. The van der Waals surface area contributed by atoms with Crippen LogP contribution >= 0.6 is 11.6 Å². The summed E-state index contributed by atoms with van der Waals surface area (Å²) in [6.45, 7) is 4.59. The Morgan fingerprint density at radius 2 is 1.84 bits per heavy atom. The largest absolute Gasteiger partial charge is 0.487 e. The Labute approximate surface area is 192 Å². The number of ether oxygens (including phenoxy) is 1. The van der Waals surface area contributed by atoms with Crippen LogP contribution in [0.5, 0.6) is 5.75 Å². The Morgan fingerprint density at radius 1 is 1.09 bits per heavy atom. The monoisotopic (exact) mass is 445 g/mol. The lowest BCUT2D eigenvalue weighted by molar-refractivity contribution is 0.138. The van der Waals surface area contributed by atoms with E-state index in [2.05, 4.69) is 31.3 Å². The number of fused-ring (bicyclic) bond motifs is 1. The van der Waals surface area contributed by atoms with Gasteiger partial charge in [-0.2, -0.15) is 5.10 Å². The molecule has 3 aromatic rings. The Kier molecular flexibility index (Phi) is 5.14. The smallest absolute Gasteiger partial charge is 0.342 e. The van der Waals surface area contributed by atoms with E-state index in [1.54, 1.807) is 0 Å². The summed E-state index contributed by atoms with van der Waals surface area (Å²) in [7, 11) is 0. The number of nitrogens with one attached hydrogen (secondary N) is 1. The number of carbonyl (C=O) groups excluding carboxylic acids is 1. The highest BCUT2D eigenvalue weighted by Crippen LogP contribution is 2.36. The highest BCUT2D eigenvalue weighted by atomic mass is 35.5. The van der Waals surface area contributed by atoms with Gasteiger partial charge < -0.3 is 10.1 Å². The number of amides is 2. The lowest BCUT2D eigenvalue weighted by Gasteiger charge is -2.16. The van der Waals surface area contributed by atoms with Gasteiger partial charge in [0.15, 0.2) is 0 Å². The second kappa shape index (κ2) is 7.99. The molecular weight excluding hydrogens is 422 g/mol. The summed E-state index contributed by atoms with van der Waals surface area (Å²) in [6.07, 6.45) is 0.810. The number of halogens is 1. The van der Waals surface area contributed by atoms with Crippen LogP contribution in [0.4, 0.5) is 10.5 Å². The van der Waals surface area contributed by atoms with Crippen molar-refractivity contribution < 1.29 is 9.53 Å². The molecule has 162 valence electrons. The maximum absolute atomic E-state index is 13.1. The highest BCUT2D eigenvalue weighted by Gasteiger charge is 2.33. The summed E-state index contributed by atoms with van der Waals surface area (Å²) in [6, 6.07) is 23.2. The summed E-state index contributed by atoms with van der Waals surface area (Å²) in [5.74, 6) is 0.860. The van der Waals surface area contributed by atoms with E-state index in [0.29, 0.717) is 11.6 Å². The predicted octanol–water partition coefficient (Wildman–Crippen LogP) is 6.09. The van der Waals surface area contributed by atoms with Crippen molar-refractivity contribution in [3.05, 3.63) is 94.5 Å². The summed E-state index contributed by atoms with van der Waals surface area (Å²) in [5, 5.41) is 9.88. The van der Waals surface area contributed by atoms with Crippen molar-refractivity contribution in [1.29, 1.82) is 0 Å². The average molecular weight is 446 g/mol. The predicted molar refractivity (Wildman–Crippen MR) is 128 cm³/mol. The number of urea groups is 1. The van der Waals surface area contributed by atoms with Crippen LogP contribution < -0.4 is 10.1 Å². The van der Waals surface area contributed by atoms with E-state index in [9.17, 15) is 4.79 Å². The molecule has 0 saturated heterocycles. The van der Waals surface area contributed by atoms with E-state index in [1.807, 2.05) is 60.7 Å². The topological polar surface area (TPSA) is 53.9 Å². The zero-order chi connectivity index (χ0) is 22.3.